The van der Waals surface area contributed by atoms with Gasteiger partial charge in [0.25, 0.3) is 5.91 Å². The average Bonchev–Trinajstić information content (AvgIpc) is 2.58. The fourth-order valence-corrected chi connectivity index (χ4v) is 2.62. The van der Waals surface area contributed by atoms with Gasteiger partial charge < -0.3 is 9.88 Å². The average molecular weight is 364 g/mol. The number of anilines is 1. The summed E-state index contributed by atoms with van der Waals surface area (Å²) in [5.41, 5.74) is -1.94. The molecule has 0 unspecified atom stereocenters. The number of benzene rings is 2. The van der Waals surface area contributed by atoms with Crippen LogP contribution in [0.15, 0.2) is 53.5 Å². The van der Waals surface area contributed by atoms with Crippen LogP contribution in [0.25, 0.3) is 10.9 Å². The van der Waals surface area contributed by atoms with Crippen LogP contribution in [0, 0.1) is 5.82 Å². The maximum absolute atomic E-state index is 13.3. The highest BCUT2D eigenvalue weighted by Gasteiger charge is 2.34. The predicted octanol–water partition coefficient (Wildman–Crippen LogP) is 3.95. The highest BCUT2D eigenvalue weighted by molar-refractivity contribution is 6.05. The van der Waals surface area contributed by atoms with Gasteiger partial charge in [-0.2, -0.15) is 13.2 Å². The van der Waals surface area contributed by atoms with Crippen LogP contribution in [0.5, 0.6) is 0 Å². The standard InChI is InChI=1S/C18H12F4N2O2/c1-24-9-12(16(25)11-4-2-3-5-15(11)24)17(26)23-10-6-7-14(19)13(8-10)18(20,21)22/h2-9H,1H3,(H,23,26). The molecule has 26 heavy (non-hydrogen) atoms. The molecule has 0 atom stereocenters. The van der Waals surface area contributed by atoms with Gasteiger partial charge in [-0.05, 0) is 30.3 Å². The minimum absolute atomic E-state index is 0.232. The lowest BCUT2D eigenvalue weighted by Gasteiger charge is -2.12. The maximum Gasteiger partial charge on any atom is 0.419 e. The van der Waals surface area contributed by atoms with Gasteiger partial charge in [0.15, 0.2) is 0 Å². The van der Waals surface area contributed by atoms with E-state index in [4.69, 9.17) is 0 Å². The number of hydrogen-bond acceptors (Lipinski definition) is 2. The van der Waals surface area contributed by atoms with Gasteiger partial charge in [0.05, 0.1) is 11.1 Å². The minimum atomic E-state index is -4.90. The Morgan fingerprint density at radius 2 is 1.81 bits per heavy atom. The molecule has 1 aromatic heterocycles. The van der Waals surface area contributed by atoms with Gasteiger partial charge in [-0.15, -0.1) is 0 Å². The van der Waals surface area contributed by atoms with E-state index in [1.165, 1.54) is 6.20 Å². The van der Waals surface area contributed by atoms with E-state index >= 15 is 0 Å². The lowest BCUT2D eigenvalue weighted by atomic mass is 10.1. The highest BCUT2D eigenvalue weighted by atomic mass is 19.4. The van der Waals surface area contributed by atoms with E-state index in [0.29, 0.717) is 23.0 Å². The molecular weight excluding hydrogens is 352 g/mol. The topological polar surface area (TPSA) is 51.1 Å². The summed E-state index contributed by atoms with van der Waals surface area (Å²) in [5.74, 6) is -2.33. The van der Waals surface area contributed by atoms with Crippen molar-refractivity contribution in [2.75, 3.05) is 5.32 Å². The van der Waals surface area contributed by atoms with Crippen molar-refractivity contribution in [2.24, 2.45) is 7.05 Å². The van der Waals surface area contributed by atoms with Crippen molar-refractivity contribution in [1.29, 1.82) is 0 Å². The van der Waals surface area contributed by atoms with Crippen molar-refractivity contribution in [1.82, 2.24) is 4.57 Å². The van der Waals surface area contributed by atoms with E-state index < -0.39 is 28.9 Å². The second-order valence-corrected chi connectivity index (χ2v) is 5.65. The van der Waals surface area contributed by atoms with E-state index in [-0.39, 0.29) is 11.3 Å². The van der Waals surface area contributed by atoms with Gasteiger partial charge in [0, 0.05) is 24.3 Å². The number of nitrogens with one attached hydrogen (secondary N) is 1. The number of para-hydroxylation sites is 1. The fourth-order valence-electron chi connectivity index (χ4n) is 2.62. The molecule has 0 radical (unpaired) electrons. The Balaban J connectivity index is 2.01. The van der Waals surface area contributed by atoms with Gasteiger partial charge in [0.1, 0.15) is 11.4 Å². The number of alkyl halides is 3. The SMILES string of the molecule is Cn1cc(C(=O)Nc2ccc(F)c(C(F)(F)F)c2)c(=O)c2ccccc21. The van der Waals surface area contributed by atoms with Gasteiger partial charge in [-0.25, -0.2) is 4.39 Å². The normalized spacial score (nSPS) is 11.6. The summed E-state index contributed by atoms with van der Waals surface area (Å²) >= 11 is 0. The van der Waals surface area contributed by atoms with Gasteiger partial charge in [-0.3, -0.25) is 9.59 Å². The first kappa shape index (κ1) is 17.7. The Morgan fingerprint density at radius 3 is 2.50 bits per heavy atom. The van der Waals surface area contributed by atoms with Crippen molar-refractivity contribution in [2.45, 2.75) is 6.18 Å². The number of amides is 1. The predicted molar refractivity (Wildman–Crippen MR) is 88.5 cm³/mol. The molecule has 1 N–H and O–H groups in total. The lowest BCUT2D eigenvalue weighted by molar-refractivity contribution is -0.139. The molecule has 0 saturated carbocycles. The van der Waals surface area contributed by atoms with E-state index in [1.807, 2.05) is 0 Å². The summed E-state index contributed by atoms with van der Waals surface area (Å²) < 4.78 is 53.2. The van der Waals surface area contributed by atoms with Crippen LogP contribution in [-0.2, 0) is 13.2 Å². The number of pyridine rings is 1. The molecule has 0 saturated heterocycles. The summed E-state index contributed by atoms with van der Waals surface area (Å²) in [6.07, 6.45) is -3.60. The molecule has 0 bridgehead atoms. The minimum Gasteiger partial charge on any atom is -0.350 e. The molecule has 0 aliphatic carbocycles. The zero-order valence-corrected chi connectivity index (χ0v) is 13.4. The number of aromatic nitrogens is 1. The zero-order valence-electron chi connectivity index (χ0n) is 13.4. The molecule has 3 rings (SSSR count). The largest absolute Gasteiger partial charge is 0.419 e. The molecular formula is C18H12F4N2O2. The van der Waals surface area contributed by atoms with Crippen molar-refractivity contribution >= 4 is 22.5 Å². The number of halogens is 4. The van der Waals surface area contributed by atoms with Crippen LogP contribution in [0.3, 0.4) is 0 Å². The number of carbonyl (C=O) groups excluding carboxylic acids is 1. The number of rotatable bonds is 2. The van der Waals surface area contributed by atoms with Crippen molar-refractivity contribution in [3.63, 3.8) is 0 Å². The second-order valence-electron chi connectivity index (χ2n) is 5.65. The van der Waals surface area contributed by atoms with Gasteiger partial charge in [0.2, 0.25) is 5.43 Å². The number of carbonyl (C=O) groups is 1. The summed E-state index contributed by atoms with van der Waals surface area (Å²) in [7, 11) is 1.64. The third-order valence-electron chi connectivity index (χ3n) is 3.87. The quantitative estimate of drug-likeness (QED) is 0.700. The Morgan fingerprint density at radius 1 is 1.12 bits per heavy atom. The Kier molecular flexibility index (Phi) is 4.27. The van der Waals surface area contributed by atoms with Crippen LogP contribution in [0.1, 0.15) is 15.9 Å². The zero-order chi connectivity index (χ0) is 19.1. The van der Waals surface area contributed by atoms with Crippen LogP contribution in [-0.4, -0.2) is 10.5 Å². The molecule has 1 amide bonds. The van der Waals surface area contributed by atoms with Crippen molar-refractivity contribution in [3.8, 4) is 0 Å². The maximum atomic E-state index is 13.3. The summed E-state index contributed by atoms with van der Waals surface area (Å²) in [6.45, 7) is 0. The Bertz CT molecular complexity index is 1070. The first-order chi connectivity index (χ1) is 12.2. The highest BCUT2D eigenvalue weighted by Crippen LogP contribution is 2.33. The van der Waals surface area contributed by atoms with E-state index in [0.717, 1.165) is 6.07 Å². The first-order valence-corrected chi connectivity index (χ1v) is 7.45. The molecule has 0 aliphatic heterocycles. The van der Waals surface area contributed by atoms with Crippen LogP contribution in [0.2, 0.25) is 0 Å². The molecule has 0 fully saturated rings. The second kappa shape index (κ2) is 6.29. The number of aryl methyl sites for hydroxylation is 1. The third-order valence-corrected chi connectivity index (χ3v) is 3.87. The molecule has 0 aliphatic rings. The monoisotopic (exact) mass is 364 g/mol. The lowest BCUT2D eigenvalue weighted by Crippen LogP contribution is -2.23. The van der Waals surface area contributed by atoms with Crippen molar-refractivity contribution < 1.29 is 22.4 Å². The molecule has 0 spiro atoms. The number of nitrogens with zero attached hydrogens (tertiary/aromatic N) is 1. The van der Waals surface area contributed by atoms with Gasteiger partial charge >= 0.3 is 6.18 Å². The van der Waals surface area contributed by atoms with E-state index in [1.54, 1.807) is 35.9 Å². The fraction of sp³-hybridized carbons (Fsp3) is 0.111. The van der Waals surface area contributed by atoms with Crippen molar-refractivity contribution in [3.05, 3.63) is 75.8 Å². The molecule has 1 heterocycles. The molecule has 2 aromatic carbocycles. The Hall–Kier alpha value is -3.16. The van der Waals surface area contributed by atoms with Crippen LogP contribution < -0.4 is 10.7 Å². The van der Waals surface area contributed by atoms with Crippen LogP contribution >= 0.6 is 0 Å². The molecule has 8 heteroatoms. The molecule has 4 nitrogen and oxygen atoms in total. The van der Waals surface area contributed by atoms with E-state index in [2.05, 4.69) is 5.32 Å². The summed E-state index contributed by atoms with van der Waals surface area (Å²) in [6, 6.07) is 8.71. The molecule has 134 valence electrons. The Labute approximate surface area is 144 Å². The summed E-state index contributed by atoms with van der Waals surface area (Å²) in [4.78, 5) is 24.9. The number of hydrogen-bond donors (Lipinski definition) is 1. The van der Waals surface area contributed by atoms with E-state index in [9.17, 15) is 27.2 Å². The number of fused-ring (bicyclic) bond motifs is 1. The molecule has 3 aromatic rings. The summed E-state index contributed by atoms with van der Waals surface area (Å²) in [5, 5.41) is 2.52. The van der Waals surface area contributed by atoms with Crippen LogP contribution in [0.4, 0.5) is 23.2 Å². The third kappa shape index (κ3) is 3.17. The van der Waals surface area contributed by atoms with Gasteiger partial charge in [-0.1, -0.05) is 12.1 Å². The first-order valence-electron chi connectivity index (χ1n) is 7.45. The smallest absolute Gasteiger partial charge is 0.350 e.